The average Bonchev–Trinajstić information content (AvgIpc) is 2.35. The van der Waals surface area contributed by atoms with Crippen LogP contribution in [-0.4, -0.2) is 50.9 Å². The third-order valence-corrected chi connectivity index (χ3v) is 2.75. The summed E-state index contributed by atoms with van der Waals surface area (Å²) >= 11 is 0. The van der Waals surface area contributed by atoms with Crippen molar-refractivity contribution in [3.63, 3.8) is 0 Å². The lowest BCUT2D eigenvalue weighted by molar-refractivity contribution is -0.0762. The van der Waals surface area contributed by atoms with Crippen LogP contribution in [0.3, 0.4) is 0 Å². The standard InChI is InChI=1S/C14H30O4/c1-5-13(10-16-6-2)14(11-17-8-7-15)18-9-12(3)4/h12-15H,5-11H2,1-4H3. The predicted octanol–water partition coefficient (Wildman–Crippen LogP) is 2.10. The Morgan fingerprint density at radius 1 is 1.00 bits per heavy atom. The van der Waals surface area contributed by atoms with E-state index in [0.717, 1.165) is 19.6 Å². The van der Waals surface area contributed by atoms with E-state index >= 15 is 0 Å². The molecule has 0 rings (SSSR count). The summed E-state index contributed by atoms with van der Waals surface area (Å²) < 4.78 is 16.8. The van der Waals surface area contributed by atoms with Gasteiger partial charge in [0.2, 0.25) is 0 Å². The van der Waals surface area contributed by atoms with E-state index in [-0.39, 0.29) is 12.7 Å². The van der Waals surface area contributed by atoms with Gasteiger partial charge in [-0.15, -0.1) is 0 Å². The second-order valence-corrected chi connectivity index (χ2v) is 4.89. The molecule has 0 aliphatic carbocycles. The third kappa shape index (κ3) is 8.86. The van der Waals surface area contributed by atoms with Crippen molar-refractivity contribution in [1.82, 2.24) is 0 Å². The molecule has 0 saturated heterocycles. The summed E-state index contributed by atoms with van der Waals surface area (Å²) in [6, 6.07) is 0. The molecule has 0 amide bonds. The first-order valence-corrected chi connectivity index (χ1v) is 7.03. The van der Waals surface area contributed by atoms with E-state index in [1.165, 1.54) is 0 Å². The van der Waals surface area contributed by atoms with Crippen LogP contribution in [0.15, 0.2) is 0 Å². The van der Waals surface area contributed by atoms with E-state index in [1.54, 1.807) is 0 Å². The van der Waals surface area contributed by atoms with Crippen molar-refractivity contribution in [2.24, 2.45) is 11.8 Å². The molecule has 0 radical (unpaired) electrons. The molecule has 0 aliphatic rings. The lowest BCUT2D eigenvalue weighted by Crippen LogP contribution is -2.33. The van der Waals surface area contributed by atoms with Gasteiger partial charge in [0.1, 0.15) is 0 Å². The summed E-state index contributed by atoms with van der Waals surface area (Å²) in [6.45, 7) is 11.5. The fourth-order valence-corrected chi connectivity index (χ4v) is 1.66. The van der Waals surface area contributed by atoms with Crippen LogP contribution in [-0.2, 0) is 14.2 Å². The van der Waals surface area contributed by atoms with Crippen LogP contribution < -0.4 is 0 Å². The summed E-state index contributed by atoms with van der Waals surface area (Å²) in [5.74, 6) is 0.859. The second kappa shape index (κ2) is 11.9. The molecule has 0 bridgehead atoms. The summed E-state index contributed by atoms with van der Waals surface area (Å²) in [5.41, 5.74) is 0. The van der Waals surface area contributed by atoms with Crippen molar-refractivity contribution >= 4 is 0 Å². The van der Waals surface area contributed by atoms with Gasteiger partial charge in [0.15, 0.2) is 0 Å². The van der Waals surface area contributed by atoms with Crippen LogP contribution >= 0.6 is 0 Å². The van der Waals surface area contributed by atoms with E-state index in [9.17, 15) is 0 Å². The first-order valence-electron chi connectivity index (χ1n) is 7.03. The number of aliphatic hydroxyl groups excluding tert-OH is 1. The molecule has 110 valence electrons. The fourth-order valence-electron chi connectivity index (χ4n) is 1.66. The van der Waals surface area contributed by atoms with Crippen molar-refractivity contribution in [2.75, 3.05) is 39.6 Å². The van der Waals surface area contributed by atoms with Crippen molar-refractivity contribution in [3.8, 4) is 0 Å². The van der Waals surface area contributed by atoms with Gasteiger partial charge in [-0.3, -0.25) is 0 Å². The molecule has 0 aromatic rings. The number of hydrogen-bond acceptors (Lipinski definition) is 4. The van der Waals surface area contributed by atoms with Crippen molar-refractivity contribution in [3.05, 3.63) is 0 Å². The van der Waals surface area contributed by atoms with Crippen LogP contribution in [0.25, 0.3) is 0 Å². The molecule has 0 aromatic carbocycles. The molecule has 1 N–H and O–H groups in total. The third-order valence-electron chi connectivity index (χ3n) is 2.75. The summed E-state index contributed by atoms with van der Waals surface area (Å²) in [7, 11) is 0. The molecule has 2 unspecified atom stereocenters. The maximum absolute atomic E-state index is 8.74. The minimum absolute atomic E-state index is 0.0514. The first-order chi connectivity index (χ1) is 8.65. The number of aliphatic hydroxyl groups is 1. The van der Waals surface area contributed by atoms with Crippen LogP contribution in [0, 0.1) is 11.8 Å². The Morgan fingerprint density at radius 3 is 2.22 bits per heavy atom. The number of rotatable bonds is 12. The normalized spacial score (nSPS) is 15.0. The molecule has 0 aromatic heterocycles. The van der Waals surface area contributed by atoms with Crippen molar-refractivity contribution in [1.29, 1.82) is 0 Å². The Labute approximate surface area is 112 Å². The van der Waals surface area contributed by atoms with E-state index in [0.29, 0.717) is 31.7 Å². The van der Waals surface area contributed by atoms with Crippen LogP contribution in [0.1, 0.15) is 34.1 Å². The molecule has 4 nitrogen and oxygen atoms in total. The molecular formula is C14H30O4. The molecular weight excluding hydrogens is 232 g/mol. The Morgan fingerprint density at radius 2 is 1.72 bits per heavy atom. The van der Waals surface area contributed by atoms with Gasteiger partial charge in [-0.2, -0.15) is 0 Å². The highest BCUT2D eigenvalue weighted by Gasteiger charge is 2.21. The highest BCUT2D eigenvalue weighted by molar-refractivity contribution is 4.69. The number of hydrogen-bond donors (Lipinski definition) is 1. The van der Waals surface area contributed by atoms with Gasteiger partial charge in [-0.05, 0) is 19.3 Å². The number of ether oxygens (including phenoxy) is 3. The molecule has 0 saturated carbocycles. The van der Waals surface area contributed by atoms with Crippen molar-refractivity contribution in [2.45, 2.75) is 40.2 Å². The molecule has 0 aliphatic heterocycles. The molecule has 2 atom stereocenters. The van der Waals surface area contributed by atoms with Gasteiger partial charge in [-0.25, -0.2) is 0 Å². The van der Waals surface area contributed by atoms with E-state index < -0.39 is 0 Å². The van der Waals surface area contributed by atoms with Crippen LogP contribution in [0.5, 0.6) is 0 Å². The van der Waals surface area contributed by atoms with Gasteiger partial charge in [0.05, 0.1) is 32.5 Å². The summed E-state index contributed by atoms with van der Waals surface area (Å²) in [6.07, 6.45) is 1.06. The van der Waals surface area contributed by atoms with Gasteiger partial charge < -0.3 is 19.3 Å². The maximum atomic E-state index is 8.74. The monoisotopic (exact) mass is 262 g/mol. The molecule has 0 spiro atoms. The SMILES string of the molecule is CCOCC(CC)C(COCCO)OCC(C)C. The second-order valence-electron chi connectivity index (χ2n) is 4.89. The van der Waals surface area contributed by atoms with Crippen molar-refractivity contribution < 1.29 is 19.3 Å². The predicted molar refractivity (Wildman–Crippen MR) is 72.8 cm³/mol. The molecule has 18 heavy (non-hydrogen) atoms. The minimum Gasteiger partial charge on any atom is -0.394 e. The fraction of sp³-hybridized carbons (Fsp3) is 1.00. The summed E-state index contributed by atoms with van der Waals surface area (Å²) in [4.78, 5) is 0. The van der Waals surface area contributed by atoms with Gasteiger partial charge >= 0.3 is 0 Å². The Hall–Kier alpha value is -0.160. The van der Waals surface area contributed by atoms with Crippen LogP contribution in [0.4, 0.5) is 0 Å². The topological polar surface area (TPSA) is 47.9 Å². The zero-order valence-electron chi connectivity index (χ0n) is 12.4. The van der Waals surface area contributed by atoms with E-state index in [2.05, 4.69) is 20.8 Å². The lowest BCUT2D eigenvalue weighted by Gasteiger charge is -2.27. The lowest BCUT2D eigenvalue weighted by atomic mass is 10.0. The van der Waals surface area contributed by atoms with Gasteiger partial charge in [-0.1, -0.05) is 20.8 Å². The van der Waals surface area contributed by atoms with Gasteiger partial charge in [0, 0.05) is 19.1 Å². The Balaban J connectivity index is 4.19. The smallest absolute Gasteiger partial charge is 0.0858 e. The molecule has 0 heterocycles. The minimum atomic E-state index is 0.0514. The molecule has 0 fully saturated rings. The first kappa shape index (κ1) is 17.8. The zero-order chi connectivity index (χ0) is 13.8. The zero-order valence-corrected chi connectivity index (χ0v) is 12.4. The Bertz CT molecular complexity index is 173. The largest absolute Gasteiger partial charge is 0.394 e. The maximum Gasteiger partial charge on any atom is 0.0858 e. The van der Waals surface area contributed by atoms with Gasteiger partial charge in [0.25, 0.3) is 0 Å². The average molecular weight is 262 g/mol. The Kier molecular flexibility index (Phi) is 11.8. The van der Waals surface area contributed by atoms with E-state index in [4.69, 9.17) is 19.3 Å². The highest BCUT2D eigenvalue weighted by Crippen LogP contribution is 2.15. The van der Waals surface area contributed by atoms with Crippen LogP contribution in [0.2, 0.25) is 0 Å². The highest BCUT2D eigenvalue weighted by atomic mass is 16.5. The molecule has 4 heteroatoms. The quantitative estimate of drug-likeness (QED) is 0.547. The summed E-state index contributed by atoms with van der Waals surface area (Å²) in [5, 5.41) is 8.74. The van der Waals surface area contributed by atoms with E-state index in [1.807, 2.05) is 6.92 Å².